The number of hydrogen-bond donors (Lipinski definition) is 2. The molecule has 0 bridgehead atoms. The zero-order valence-corrected chi connectivity index (χ0v) is 10.3. The highest BCUT2D eigenvalue weighted by Gasteiger charge is 2.29. The van der Waals surface area contributed by atoms with Crippen molar-refractivity contribution in [3.05, 3.63) is 29.3 Å². The van der Waals surface area contributed by atoms with Gasteiger partial charge in [-0.2, -0.15) is 0 Å². The first kappa shape index (κ1) is 11.5. The molecule has 4 heteroatoms. The van der Waals surface area contributed by atoms with Crippen LogP contribution in [0.1, 0.15) is 30.0 Å². The third-order valence-electron chi connectivity index (χ3n) is 3.86. The summed E-state index contributed by atoms with van der Waals surface area (Å²) >= 11 is 0. The lowest BCUT2D eigenvalue weighted by molar-refractivity contribution is -0.125. The van der Waals surface area contributed by atoms with Crippen LogP contribution in [0.4, 0.5) is 5.69 Å². The molecule has 0 saturated carbocycles. The smallest absolute Gasteiger partial charge is 0.226 e. The summed E-state index contributed by atoms with van der Waals surface area (Å²) in [6.45, 7) is 1.27. The van der Waals surface area contributed by atoms with Crippen molar-refractivity contribution in [3.8, 4) is 0 Å². The van der Waals surface area contributed by atoms with Gasteiger partial charge in [0.2, 0.25) is 5.91 Å². The number of ether oxygens (including phenoxy) is 1. The predicted octanol–water partition coefficient (Wildman–Crippen LogP) is 1.41. The molecule has 1 heterocycles. The number of rotatable bonds is 2. The maximum atomic E-state index is 12.1. The van der Waals surface area contributed by atoms with Gasteiger partial charge in [0.05, 0.1) is 18.6 Å². The van der Waals surface area contributed by atoms with Crippen LogP contribution in [-0.4, -0.2) is 19.1 Å². The summed E-state index contributed by atoms with van der Waals surface area (Å²) in [5, 5.41) is 3.14. The van der Waals surface area contributed by atoms with Crippen LogP contribution in [0.5, 0.6) is 0 Å². The summed E-state index contributed by atoms with van der Waals surface area (Å²) < 4.78 is 5.25. The molecule has 0 aromatic heterocycles. The van der Waals surface area contributed by atoms with Crippen LogP contribution in [0, 0.1) is 5.92 Å². The standard InChI is InChI=1S/C14H18N2O2/c15-11-2-3-12-9(7-11)1-4-13(12)16-14(17)10-5-6-18-8-10/h2-3,7,10,13H,1,4-6,8,15H2,(H,16,17). The van der Waals surface area contributed by atoms with Gasteiger partial charge in [-0.25, -0.2) is 0 Å². The number of amides is 1. The second-order valence-corrected chi connectivity index (χ2v) is 5.12. The van der Waals surface area contributed by atoms with E-state index in [4.69, 9.17) is 10.5 Å². The van der Waals surface area contributed by atoms with Crippen LogP contribution in [0.25, 0.3) is 0 Å². The summed E-state index contributed by atoms with van der Waals surface area (Å²) in [6, 6.07) is 6.10. The topological polar surface area (TPSA) is 64.3 Å². The fraction of sp³-hybridized carbons (Fsp3) is 0.500. The van der Waals surface area contributed by atoms with Gasteiger partial charge in [-0.3, -0.25) is 4.79 Å². The fourth-order valence-electron chi connectivity index (χ4n) is 2.82. The zero-order valence-electron chi connectivity index (χ0n) is 10.3. The monoisotopic (exact) mass is 246 g/mol. The molecule has 3 rings (SSSR count). The molecule has 1 aliphatic carbocycles. The zero-order chi connectivity index (χ0) is 12.5. The Balaban J connectivity index is 1.70. The van der Waals surface area contributed by atoms with E-state index in [0.717, 1.165) is 24.9 Å². The van der Waals surface area contributed by atoms with Crippen molar-refractivity contribution in [1.82, 2.24) is 5.32 Å². The molecule has 1 amide bonds. The van der Waals surface area contributed by atoms with E-state index in [1.807, 2.05) is 18.2 Å². The quantitative estimate of drug-likeness (QED) is 0.775. The lowest BCUT2D eigenvalue weighted by Crippen LogP contribution is -2.33. The molecular formula is C14H18N2O2. The lowest BCUT2D eigenvalue weighted by Gasteiger charge is -2.16. The summed E-state index contributed by atoms with van der Waals surface area (Å²) in [5.41, 5.74) is 9.06. The molecule has 2 unspecified atom stereocenters. The SMILES string of the molecule is Nc1ccc2c(c1)CCC2NC(=O)C1CCOC1. The van der Waals surface area contributed by atoms with Crippen LogP contribution in [-0.2, 0) is 16.0 Å². The molecule has 2 aliphatic rings. The number of nitrogen functional groups attached to an aromatic ring is 1. The van der Waals surface area contributed by atoms with Crippen LogP contribution in [0.2, 0.25) is 0 Å². The minimum absolute atomic E-state index is 0.0304. The van der Waals surface area contributed by atoms with Gasteiger partial charge >= 0.3 is 0 Å². The Labute approximate surface area is 107 Å². The largest absolute Gasteiger partial charge is 0.399 e. The van der Waals surface area contributed by atoms with E-state index in [2.05, 4.69) is 5.32 Å². The van der Waals surface area contributed by atoms with Crippen molar-refractivity contribution in [1.29, 1.82) is 0 Å². The molecule has 4 nitrogen and oxygen atoms in total. The average molecular weight is 246 g/mol. The Bertz CT molecular complexity index is 467. The van der Waals surface area contributed by atoms with E-state index in [9.17, 15) is 4.79 Å². The fourth-order valence-corrected chi connectivity index (χ4v) is 2.82. The molecule has 1 aromatic carbocycles. The predicted molar refractivity (Wildman–Crippen MR) is 69.0 cm³/mol. The number of fused-ring (bicyclic) bond motifs is 1. The Morgan fingerprint density at radius 3 is 3.06 bits per heavy atom. The number of carbonyl (C=O) groups is 1. The second-order valence-electron chi connectivity index (χ2n) is 5.12. The first-order valence-corrected chi connectivity index (χ1v) is 6.50. The first-order chi connectivity index (χ1) is 8.74. The number of benzene rings is 1. The molecule has 1 aliphatic heterocycles. The number of aryl methyl sites for hydroxylation is 1. The summed E-state index contributed by atoms with van der Waals surface area (Å²) in [7, 11) is 0. The highest BCUT2D eigenvalue weighted by atomic mass is 16.5. The molecule has 3 N–H and O–H groups in total. The van der Waals surface area contributed by atoms with Gasteiger partial charge in [-0.1, -0.05) is 6.07 Å². The van der Waals surface area contributed by atoms with Gasteiger partial charge in [0.25, 0.3) is 0 Å². The van der Waals surface area contributed by atoms with E-state index < -0.39 is 0 Å². The Morgan fingerprint density at radius 2 is 2.28 bits per heavy atom. The Morgan fingerprint density at radius 1 is 1.39 bits per heavy atom. The van der Waals surface area contributed by atoms with E-state index in [-0.39, 0.29) is 17.9 Å². The lowest BCUT2D eigenvalue weighted by atomic mass is 10.0. The molecule has 96 valence electrons. The molecule has 2 atom stereocenters. The molecule has 18 heavy (non-hydrogen) atoms. The van der Waals surface area contributed by atoms with Crippen molar-refractivity contribution in [3.63, 3.8) is 0 Å². The highest BCUT2D eigenvalue weighted by molar-refractivity contribution is 5.79. The Kier molecular flexibility index (Phi) is 2.96. The minimum atomic E-state index is 0.0304. The van der Waals surface area contributed by atoms with E-state index >= 15 is 0 Å². The molecule has 1 fully saturated rings. The van der Waals surface area contributed by atoms with Crippen molar-refractivity contribution in [2.24, 2.45) is 5.92 Å². The molecule has 0 radical (unpaired) electrons. The number of anilines is 1. The number of nitrogens with two attached hydrogens (primary N) is 1. The van der Waals surface area contributed by atoms with Crippen molar-refractivity contribution < 1.29 is 9.53 Å². The summed E-state index contributed by atoms with van der Waals surface area (Å²) in [6.07, 6.45) is 2.80. The van der Waals surface area contributed by atoms with Crippen LogP contribution in [0.15, 0.2) is 18.2 Å². The normalized spacial score (nSPS) is 26.0. The van der Waals surface area contributed by atoms with Gasteiger partial charge < -0.3 is 15.8 Å². The average Bonchev–Trinajstić information content (AvgIpc) is 2.98. The minimum Gasteiger partial charge on any atom is -0.399 e. The maximum Gasteiger partial charge on any atom is 0.226 e. The third kappa shape index (κ3) is 2.08. The first-order valence-electron chi connectivity index (χ1n) is 6.50. The maximum absolute atomic E-state index is 12.1. The van der Waals surface area contributed by atoms with Crippen molar-refractivity contribution in [2.45, 2.75) is 25.3 Å². The Hall–Kier alpha value is -1.55. The van der Waals surface area contributed by atoms with E-state index in [1.54, 1.807) is 0 Å². The summed E-state index contributed by atoms with van der Waals surface area (Å²) in [4.78, 5) is 12.1. The number of nitrogens with one attached hydrogen (secondary N) is 1. The van der Waals surface area contributed by atoms with Crippen LogP contribution < -0.4 is 11.1 Å². The van der Waals surface area contributed by atoms with Gasteiger partial charge in [0.15, 0.2) is 0 Å². The molecule has 1 aromatic rings. The third-order valence-corrected chi connectivity index (χ3v) is 3.86. The molecule has 0 spiro atoms. The number of carbonyl (C=O) groups excluding carboxylic acids is 1. The van der Waals surface area contributed by atoms with Crippen molar-refractivity contribution in [2.75, 3.05) is 18.9 Å². The van der Waals surface area contributed by atoms with Gasteiger partial charge in [0, 0.05) is 12.3 Å². The van der Waals surface area contributed by atoms with Crippen LogP contribution >= 0.6 is 0 Å². The van der Waals surface area contributed by atoms with E-state index in [1.165, 1.54) is 11.1 Å². The van der Waals surface area contributed by atoms with Crippen LogP contribution in [0.3, 0.4) is 0 Å². The van der Waals surface area contributed by atoms with Gasteiger partial charge in [-0.05, 0) is 42.5 Å². The molecule has 1 saturated heterocycles. The van der Waals surface area contributed by atoms with Gasteiger partial charge in [-0.15, -0.1) is 0 Å². The number of hydrogen-bond acceptors (Lipinski definition) is 3. The highest BCUT2D eigenvalue weighted by Crippen LogP contribution is 2.32. The molecular weight excluding hydrogens is 228 g/mol. The second kappa shape index (κ2) is 4.61. The van der Waals surface area contributed by atoms with Gasteiger partial charge in [0.1, 0.15) is 0 Å². The van der Waals surface area contributed by atoms with E-state index in [0.29, 0.717) is 13.2 Å². The summed E-state index contributed by atoms with van der Waals surface area (Å²) in [5.74, 6) is 0.157. The van der Waals surface area contributed by atoms with Crippen molar-refractivity contribution >= 4 is 11.6 Å².